The van der Waals surface area contributed by atoms with E-state index in [0.29, 0.717) is 40.7 Å². The molecule has 3 N–H and O–H groups in total. The van der Waals surface area contributed by atoms with Crippen LogP contribution in [-0.4, -0.2) is 48.6 Å². The number of anilines is 2. The van der Waals surface area contributed by atoms with Gasteiger partial charge < -0.3 is 11.1 Å². The van der Waals surface area contributed by atoms with E-state index in [1.165, 1.54) is 12.3 Å². The van der Waals surface area contributed by atoms with Gasteiger partial charge in [0.2, 0.25) is 5.95 Å². The van der Waals surface area contributed by atoms with E-state index in [-0.39, 0.29) is 40.6 Å². The van der Waals surface area contributed by atoms with Crippen LogP contribution in [0.2, 0.25) is 0 Å². The Morgan fingerprint density at radius 3 is 2.51 bits per heavy atom. The highest BCUT2D eigenvalue weighted by molar-refractivity contribution is 7.91. The predicted molar refractivity (Wildman–Crippen MR) is 148 cm³/mol. The molecule has 0 radical (unpaired) electrons. The van der Waals surface area contributed by atoms with Crippen molar-refractivity contribution in [2.24, 2.45) is 0 Å². The number of nitrogens with zero attached hydrogens (tertiary/aromatic N) is 7. The van der Waals surface area contributed by atoms with Gasteiger partial charge in [-0.05, 0) is 45.2 Å². The van der Waals surface area contributed by atoms with E-state index in [2.05, 4.69) is 30.2 Å². The number of rotatable bonds is 9. The number of aromatic nitrogens is 7. The van der Waals surface area contributed by atoms with Gasteiger partial charge in [0.05, 0.1) is 46.0 Å². The fourth-order valence-electron chi connectivity index (χ4n) is 4.41. The summed E-state index contributed by atoms with van der Waals surface area (Å²) in [5.41, 5.74) is 9.34. The number of pyridine rings is 1. The van der Waals surface area contributed by atoms with Crippen LogP contribution in [0.4, 0.5) is 11.8 Å². The molecule has 39 heavy (non-hydrogen) atoms. The normalized spacial score (nSPS) is 14.5. The van der Waals surface area contributed by atoms with Crippen LogP contribution in [0.15, 0.2) is 34.2 Å². The van der Waals surface area contributed by atoms with Gasteiger partial charge in [-0.3, -0.25) is 14.3 Å². The second-order valence-corrected chi connectivity index (χ2v) is 12.0. The van der Waals surface area contributed by atoms with Crippen molar-refractivity contribution in [3.63, 3.8) is 0 Å². The first kappa shape index (κ1) is 26.6. The summed E-state index contributed by atoms with van der Waals surface area (Å²) < 4.78 is 25.7. The van der Waals surface area contributed by atoms with Crippen LogP contribution < -0.4 is 16.6 Å². The summed E-state index contributed by atoms with van der Waals surface area (Å²) in [5.74, 6) is 1.10. The third kappa shape index (κ3) is 5.18. The Morgan fingerprint density at radius 2 is 1.87 bits per heavy atom. The van der Waals surface area contributed by atoms with Crippen molar-refractivity contribution in [3.8, 4) is 11.4 Å². The van der Waals surface area contributed by atoms with Crippen LogP contribution in [0.25, 0.3) is 22.6 Å². The maximum atomic E-state index is 13.6. The molecule has 204 valence electrons. The molecule has 0 aromatic carbocycles. The monoisotopic (exact) mass is 549 g/mol. The number of aryl methyl sites for hydroxylation is 1. The summed E-state index contributed by atoms with van der Waals surface area (Å²) in [4.78, 5) is 40.8. The van der Waals surface area contributed by atoms with E-state index in [9.17, 15) is 13.2 Å². The van der Waals surface area contributed by atoms with Crippen molar-refractivity contribution >= 4 is 32.8 Å². The second kappa shape index (κ2) is 10.3. The molecule has 1 aliphatic carbocycles. The summed E-state index contributed by atoms with van der Waals surface area (Å²) in [6.07, 6.45) is 5.68. The number of nitrogens with two attached hydrogens (primary N) is 1. The Morgan fingerprint density at radius 1 is 1.10 bits per heavy atom. The van der Waals surface area contributed by atoms with Crippen molar-refractivity contribution in [3.05, 3.63) is 52.0 Å². The molecule has 4 heterocycles. The minimum atomic E-state index is -3.34. The molecule has 1 saturated carbocycles. The molecule has 5 rings (SSSR count). The zero-order valence-corrected chi connectivity index (χ0v) is 23.2. The molecule has 12 nitrogen and oxygen atoms in total. The molecule has 0 bridgehead atoms. The number of hydrogen-bond acceptors (Lipinski definition) is 11. The van der Waals surface area contributed by atoms with E-state index in [1.54, 1.807) is 23.8 Å². The van der Waals surface area contributed by atoms with Crippen molar-refractivity contribution in [1.82, 2.24) is 34.5 Å². The Labute approximate surface area is 226 Å². The minimum Gasteiger partial charge on any atom is -0.368 e. The third-order valence-electron chi connectivity index (χ3n) is 6.96. The molecule has 0 aliphatic heterocycles. The molecule has 0 amide bonds. The first-order valence-electron chi connectivity index (χ1n) is 13.0. The van der Waals surface area contributed by atoms with E-state index in [1.807, 2.05) is 20.8 Å². The fraction of sp³-hybridized carbons (Fsp3) is 0.423. The van der Waals surface area contributed by atoms with Crippen molar-refractivity contribution in [2.75, 3.05) is 16.8 Å². The molecule has 4 aromatic heterocycles. The predicted octanol–water partition coefficient (Wildman–Crippen LogP) is 3.18. The molecule has 4 aromatic rings. The van der Waals surface area contributed by atoms with Gasteiger partial charge in [0.1, 0.15) is 5.52 Å². The quantitative estimate of drug-likeness (QED) is 0.314. The highest BCUT2D eigenvalue weighted by Gasteiger charge is 2.31. The van der Waals surface area contributed by atoms with E-state index >= 15 is 0 Å². The molecule has 0 spiro atoms. The maximum Gasteiger partial charge on any atom is 0.295 e. The van der Waals surface area contributed by atoms with Gasteiger partial charge in [-0.2, -0.15) is 0 Å². The second-order valence-electron chi connectivity index (χ2n) is 9.74. The molecular formula is C26H31N9O3S. The Kier molecular flexibility index (Phi) is 7.02. The number of nitrogens with one attached hydrogen (secondary N) is 1. The zero-order chi connectivity index (χ0) is 27.9. The van der Waals surface area contributed by atoms with Crippen molar-refractivity contribution in [1.29, 1.82) is 0 Å². The van der Waals surface area contributed by atoms with E-state index in [0.717, 1.165) is 24.1 Å². The highest BCUT2D eigenvalue weighted by atomic mass is 32.2. The number of nitrogen functional groups attached to an aromatic ring is 1. The molecular weight excluding hydrogens is 518 g/mol. The zero-order valence-electron chi connectivity index (χ0n) is 22.3. The molecule has 0 saturated heterocycles. The molecule has 1 atom stereocenters. The Balaban J connectivity index is 1.54. The highest BCUT2D eigenvalue weighted by Crippen LogP contribution is 2.43. The standard InChI is InChI=1S/C26H31N9O3S/c1-5-14(3)35-24-19(13-30-22(34-24)20-15(4)31-26(27)33-21(20)16-7-8-16)32-23(25(35)36)29-11-17-9-10-18(12-28-17)39(37,38)6-2/h9-10,12-14,16H,5-8,11H2,1-4H3,(H,29,32)(H2,27,31,33). The summed E-state index contributed by atoms with van der Waals surface area (Å²) in [6.45, 7) is 7.58. The van der Waals surface area contributed by atoms with Gasteiger partial charge in [0.15, 0.2) is 27.1 Å². The van der Waals surface area contributed by atoms with Crippen LogP contribution in [0, 0.1) is 6.92 Å². The lowest BCUT2D eigenvalue weighted by Crippen LogP contribution is -2.28. The summed E-state index contributed by atoms with van der Waals surface area (Å²) in [6, 6.07) is 2.98. The summed E-state index contributed by atoms with van der Waals surface area (Å²) in [7, 11) is -3.34. The van der Waals surface area contributed by atoms with Gasteiger partial charge in [-0.25, -0.2) is 33.3 Å². The van der Waals surface area contributed by atoms with E-state index in [4.69, 9.17) is 10.7 Å². The Bertz CT molecular complexity index is 1720. The molecule has 1 fully saturated rings. The number of hydrogen-bond donors (Lipinski definition) is 2. The first-order chi connectivity index (χ1) is 18.6. The Hall–Kier alpha value is -4.00. The maximum absolute atomic E-state index is 13.6. The number of fused-ring (bicyclic) bond motifs is 1. The topological polar surface area (TPSA) is 172 Å². The van der Waals surface area contributed by atoms with Crippen LogP contribution in [0.5, 0.6) is 0 Å². The summed E-state index contributed by atoms with van der Waals surface area (Å²) >= 11 is 0. The largest absolute Gasteiger partial charge is 0.368 e. The van der Waals surface area contributed by atoms with Gasteiger partial charge in [-0.15, -0.1) is 0 Å². The van der Waals surface area contributed by atoms with Crippen LogP contribution in [-0.2, 0) is 16.4 Å². The molecule has 13 heteroatoms. The number of sulfone groups is 1. The molecule has 1 aliphatic rings. The van der Waals surface area contributed by atoms with Gasteiger partial charge in [0.25, 0.3) is 5.56 Å². The van der Waals surface area contributed by atoms with Gasteiger partial charge in [-0.1, -0.05) is 13.8 Å². The van der Waals surface area contributed by atoms with Gasteiger partial charge in [0, 0.05) is 18.2 Å². The van der Waals surface area contributed by atoms with Crippen molar-refractivity contribution in [2.45, 2.75) is 70.4 Å². The lowest BCUT2D eigenvalue weighted by atomic mass is 10.1. The van der Waals surface area contributed by atoms with Crippen molar-refractivity contribution < 1.29 is 8.42 Å². The average Bonchev–Trinajstić information content (AvgIpc) is 3.77. The lowest BCUT2D eigenvalue weighted by molar-refractivity contribution is 0.526. The third-order valence-corrected chi connectivity index (χ3v) is 8.68. The summed E-state index contributed by atoms with van der Waals surface area (Å²) in [5, 5.41) is 3.06. The smallest absolute Gasteiger partial charge is 0.295 e. The SMILES string of the molecule is CCC(C)n1c(=O)c(NCc2ccc(S(=O)(=O)CC)cn2)nc2cnc(-c3c(C)nc(N)nc3C3CC3)nc21. The minimum absolute atomic E-state index is 0.000951. The van der Waals surface area contributed by atoms with Gasteiger partial charge >= 0.3 is 0 Å². The van der Waals surface area contributed by atoms with E-state index < -0.39 is 9.84 Å². The first-order valence-corrected chi connectivity index (χ1v) is 14.6. The van der Waals surface area contributed by atoms with Crippen LogP contribution in [0.1, 0.15) is 69.1 Å². The van der Waals surface area contributed by atoms with Crippen LogP contribution in [0.3, 0.4) is 0 Å². The van der Waals surface area contributed by atoms with Crippen LogP contribution >= 0.6 is 0 Å². The molecule has 1 unspecified atom stereocenters. The lowest BCUT2D eigenvalue weighted by Gasteiger charge is -2.18. The average molecular weight is 550 g/mol. The fourth-order valence-corrected chi connectivity index (χ4v) is 5.24.